The van der Waals surface area contributed by atoms with Gasteiger partial charge in [-0.25, -0.2) is 13.1 Å². The van der Waals surface area contributed by atoms with Gasteiger partial charge in [-0.3, -0.25) is 24.1 Å². The van der Waals surface area contributed by atoms with Crippen molar-refractivity contribution in [2.24, 2.45) is 11.3 Å². The number of likely N-dealkylation sites (tertiary alicyclic amines) is 1. The highest BCUT2D eigenvalue weighted by molar-refractivity contribution is 7.90. The van der Waals surface area contributed by atoms with Gasteiger partial charge in [-0.2, -0.15) is 13.2 Å². The number of rotatable bonds is 10. The Kier molecular flexibility index (Phi) is 12.4. The molecule has 1 unspecified atom stereocenters. The Hall–Kier alpha value is -3.46. The number of benzene rings is 1. The summed E-state index contributed by atoms with van der Waals surface area (Å²) in [4.78, 5) is 54.1. The number of hydrogen-bond donors (Lipinski definition) is 3. The van der Waals surface area contributed by atoms with E-state index in [2.05, 4.69) is 5.32 Å². The monoisotopic (exact) mass is 659 g/mol. The Morgan fingerprint density at radius 2 is 1.62 bits per heavy atom. The van der Waals surface area contributed by atoms with E-state index < -0.39 is 50.4 Å². The van der Waals surface area contributed by atoms with Crippen LogP contribution in [-0.4, -0.2) is 86.8 Å². The van der Waals surface area contributed by atoms with Crippen LogP contribution in [0.5, 0.6) is 0 Å². The topological polar surface area (TPSA) is 145 Å². The lowest BCUT2D eigenvalue weighted by molar-refractivity contribution is -0.167. The van der Waals surface area contributed by atoms with Gasteiger partial charge in [0.25, 0.3) is 15.9 Å². The molecule has 1 aliphatic heterocycles. The molecule has 2 rings (SSSR count). The summed E-state index contributed by atoms with van der Waals surface area (Å²) in [6, 6.07) is 1.92. The smallest absolute Gasteiger partial charge is 0.342 e. The number of carbonyl (C=O) groups is 4. The van der Waals surface area contributed by atoms with Crippen LogP contribution in [0, 0.1) is 11.3 Å². The fraction of sp³-hybridized carbons (Fsp3) is 0.600. The van der Waals surface area contributed by atoms with E-state index >= 15 is 0 Å². The van der Waals surface area contributed by atoms with Gasteiger partial charge in [0.05, 0.1) is 17.0 Å². The Balaban J connectivity index is 2.22. The third-order valence-corrected chi connectivity index (χ3v) is 8.98. The number of carbonyl (C=O) groups excluding carboxylic acids is 4. The normalized spacial score (nSPS) is 18.1. The van der Waals surface area contributed by atoms with E-state index in [0.29, 0.717) is 6.42 Å². The fourth-order valence-corrected chi connectivity index (χ4v) is 5.93. The number of nitrogens with zero attached hydrogens (tertiary/aromatic N) is 2. The number of hydrogen-bond acceptors (Lipinski definition) is 7. The SMILES string of the molecule is C/C(=C\[C@H](C(C)C)N(C)C(=O)C(NC(=O)[C@H]1CCCCN1C)C(C)(C)C)C(=O)NS(=O)(=O)c1ccc(NC(=O)C(F)(F)F)cc1. The van der Waals surface area contributed by atoms with Crippen molar-refractivity contribution in [3.05, 3.63) is 35.9 Å². The zero-order chi connectivity index (χ0) is 34.5. The molecule has 1 heterocycles. The van der Waals surface area contributed by atoms with Crippen molar-refractivity contribution in [2.45, 2.75) is 90.0 Å². The molecule has 0 radical (unpaired) electrons. The molecule has 11 nitrogen and oxygen atoms in total. The van der Waals surface area contributed by atoms with Gasteiger partial charge in [0.1, 0.15) is 6.04 Å². The first-order valence-corrected chi connectivity index (χ1v) is 16.1. The molecule has 1 fully saturated rings. The maximum atomic E-state index is 13.8. The molecule has 0 aromatic heterocycles. The molecule has 1 aromatic carbocycles. The van der Waals surface area contributed by atoms with Crippen LogP contribution >= 0.6 is 0 Å². The lowest BCUT2D eigenvalue weighted by Crippen LogP contribution is -2.59. The van der Waals surface area contributed by atoms with Crippen molar-refractivity contribution in [1.82, 2.24) is 19.8 Å². The summed E-state index contributed by atoms with van der Waals surface area (Å²) in [6.45, 7) is 11.4. The Bertz CT molecular complexity index is 1390. The lowest BCUT2D eigenvalue weighted by Gasteiger charge is -2.39. The van der Waals surface area contributed by atoms with Crippen LogP contribution in [0.15, 0.2) is 40.8 Å². The fourth-order valence-electron chi connectivity index (χ4n) is 4.91. The molecule has 15 heteroatoms. The van der Waals surface area contributed by atoms with E-state index in [4.69, 9.17) is 0 Å². The summed E-state index contributed by atoms with van der Waals surface area (Å²) >= 11 is 0. The second-order valence-corrected chi connectivity index (χ2v) is 14.4. The predicted molar refractivity (Wildman–Crippen MR) is 163 cm³/mol. The largest absolute Gasteiger partial charge is 0.471 e. The van der Waals surface area contributed by atoms with Crippen molar-refractivity contribution in [2.75, 3.05) is 26.0 Å². The maximum Gasteiger partial charge on any atom is 0.471 e. The molecule has 4 amide bonds. The molecule has 1 saturated heterocycles. The summed E-state index contributed by atoms with van der Waals surface area (Å²) < 4.78 is 65.0. The van der Waals surface area contributed by atoms with Crippen molar-refractivity contribution >= 4 is 39.3 Å². The molecule has 0 spiro atoms. The van der Waals surface area contributed by atoms with Crippen LogP contribution in [0.3, 0.4) is 0 Å². The number of nitrogens with one attached hydrogen (secondary N) is 3. The van der Waals surface area contributed by atoms with Crippen LogP contribution in [0.1, 0.15) is 60.8 Å². The van der Waals surface area contributed by atoms with E-state index in [1.165, 1.54) is 17.9 Å². The van der Waals surface area contributed by atoms with Crippen molar-refractivity contribution in [3.8, 4) is 0 Å². The summed E-state index contributed by atoms with van der Waals surface area (Å²) in [5, 5.41) is 4.55. The van der Waals surface area contributed by atoms with Crippen molar-refractivity contribution in [1.29, 1.82) is 0 Å². The van der Waals surface area contributed by atoms with Gasteiger partial charge in [-0.05, 0) is 69.0 Å². The predicted octanol–water partition coefficient (Wildman–Crippen LogP) is 3.44. The zero-order valence-corrected chi connectivity index (χ0v) is 27.7. The van der Waals surface area contributed by atoms with Crippen LogP contribution < -0.4 is 15.4 Å². The molecule has 3 atom stereocenters. The molecule has 3 N–H and O–H groups in total. The molecular weight excluding hydrogens is 615 g/mol. The minimum atomic E-state index is -5.12. The molecule has 0 bridgehead atoms. The third kappa shape index (κ3) is 10.3. The number of amides is 4. The van der Waals surface area contributed by atoms with Crippen LogP contribution in [-0.2, 0) is 29.2 Å². The molecule has 1 aromatic rings. The minimum Gasteiger partial charge on any atom is -0.342 e. The number of sulfonamides is 1. The van der Waals surface area contributed by atoms with Crippen molar-refractivity contribution < 1.29 is 40.8 Å². The Labute approximate surface area is 263 Å². The van der Waals surface area contributed by atoms with E-state index in [1.807, 2.05) is 51.3 Å². The van der Waals surface area contributed by atoms with E-state index in [-0.39, 0.29) is 35.0 Å². The minimum absolute atomic E-state index is 0.00818. The van der Waals surface area contributed by atoms with E-state index in [1.54, 1.807) is 12.4 Å². The van der Waals surface area contributed by atoms with Crippen LogP contribution in [0.2, 0.25) is 0 Å². The number of alkyl halides is 3. The van der Waals surface area contributed by atoms with Gasteiger partial charge in [0.2, 0.25) is 11.8 Å². The summed E-state index contributed by atoms with van der Waals surface area (Å²) in [5.41, 5.74) is -0.946. The first-order chi connectivity index (χ1) is 20.6. The zero-order valence-electron chi connectivity index (χ0n) is 26.9. The maximum absolute atomic E-state index is 13.8. The van der Waals surface area contributed by atoms with E-state index in [0.717, 1.165) is 43.7 Å². The van der Waals surface area contributed by atoms with E-state index in [9.17, 15) is 40.8 Å². The van der Waals surface area contributed by atoms with Gasteiger partial charge in [0, 0.05) is 18.3 Å². The Morgan fingerprint density at radius 1 is 1.04 bits per heavy atom. The quantitative estimate of drug-likeness (QED) is 0.327. The van der Waals surface area contributed by atoms with Gasteiger partial charge >= 0.3 is 12.1 Å². The van der Waals surface area contributed by atoms with Crippen molar-refractivity contribution in [3.63, 3.8) is 0 Å². The summed E-state index contributed by atoms with van der Waals surface area (Å²) in [5.74, 6) is -4.01. The second-order valence-electron chi connectivity index (χ2n) is 12.7. The van der Waals surface area contributed by atoms with Crippen LogP contribution in [0.4, 0.5) is 18.9 Å². The lowest BCUT2D eigenvalue weighted by atomic mass is 9.84. The first-order valence-electron chi connectivity index (χ1n) is 14.6. The highest BCUT2D eigenvalue weighted by Gasteiger charge is 2.40. The number of piperidine rings is 1. The third-order valence-electron chi connectivity index (χ3n) is 7.64. The molecular formula is C30H44F3N5O6S. The van der Waals surface area contributed by atoms with Crippen LogP contribution in [0.25, 0.3) is 0 Å². The average Bonchev–Trinajstić information content (AvgIpc) is 2.92. The van der Waals surface area contributed by atoms with Gasteiger partial charge in [-0.1, -0.05) is 47.1 Å². The molecule has 0 aliphatic carbocycles. The molecule has 45 heavy (non-hydrogen) atoms. The molecule has 0 saturated carbocycles. The molecule has 252 valence electrons. The standard InChI is InChI=1S/C30H44F3N5O6S/c1-18(2)23(38(8)27(41)24(29(4,5)6)35-26(40)22-11-9-10-16-37(22)7)17-19(3)25(39)36-45(43,44)21-14-12-20(13-15-21)34-28(42)30(31,32)33/h12-15,17-18,22-24H,9-11,16H2,1-8H3,(H,34,42)(H,35,40)(H,36,39)/b19-17+/t22-,23-,24?/m1/s1. The Morgan fingerprint density at radius 3 is 2.11 bits per heavy atom. The number of likely N-dealkylation sites (N-methyl/N-ethyl adjacent to an activating group) is 2. The van der Waals surface area contributed by atoms with Gasteiger partial charge in [0.15, 0.2) is 0 Å². The molecule has 1 aliphatic rings. The van der Waals surface area contributed by atoms with Gasteiger partial charge in [-0.15, -0.1) is 0 Å². The number of halogens is 3. The highest BCUT2D eigenvalue weighted by atomic mass is 32.2. The number of anilines is 1. The second kappa shape index (κ2) is 14.8. The van der Waals surface area contributed by atoms with Gasteiger partial charge < -0.3 is 15.5 Å². The summed E-state index contributed by atoms with van der Waals surface area (Å²) in [7, 11) is -1.00. The average molecular weight is 660 g/mol. The first kappa shape index (κ1) is 37.7. The summed E-state index contributed by atoms with van der Waals surface area (Å²) in [6.07, 6.45) is -1.04. The highest BCUT2D eigenvalue weighted by Crippen LogP contribution is 2.25.